The number of carboxylic acid groups (broad SMARTS) is 1. The van der Waals surface area contributed by atoms with Crippen molar-refractivity contribution in [3.8, 4) is 0 Å². The topological polar surface area (TPSA) is 83.9 Å². The molecule has 7 heteroatoms. The molecule has 6 nitrogen and oxygen atoms in total. The fourth-order valence-electron chi connectivity index (χ4n) is 3.18. The van der Waals surface area contributed by atoms with E-state index in [4.69, 9.17) is 4.74 Å². The molecule has 20 heavy (non-hydrogen) atoms. The summed E-state index contributed by atoms with van der Waals surface area (Å²) in [6, 6.07) is 0. The van der Waals surface area contributed by atoms with Crippen molar-refractivity contribution in [1.82, 2.24) is 4.31 Å². The Bertz CT molecular complexity index is 444. The first-order chi connectivity index (χ1) is 9.46. The highest BCUT2D eigenvalue weighted by molar-refractivity contribution is 7.89. The van der Waals surface area contributed by atoms with E-state index in [0.717, 1.165) is 6.42 Å². The highest BCUT2D eigenvalue weighted by Crippen LogP contribution is 2.33. The fraction of sp³-hybridized carbons (Fsp3) is 0.923. The van der Waals surface area contributed by atoms with Gasteiger partial charge in [0, 0.05) is 19.7 Å². The number of rotatable bonds is 6. The molecule has 3 atom stereocenters. The number of aliphatic carboxylic acids is 1. The Kier molecular flexibility index (Phi) is 5.04. The lowest BCUT2D eigenvalue weighted by molar-refractivity contribution is -0.141. The number of carboxylic acids is 1. The summed E-state index contributed by atoms with van der Waals surface area (Å²) in [5, 5.41) is 8.42. The van der Waals surface area contributed by atoms with E-state index in [2.05, 4.69) is 0 Å². The van der Waals surface area contributed by atoms with Crippen LogP contribution in [0.1, 0.15) is 32.6 Å². The van der Waals surface area contributed by atoms with E-state index in [1.165, 1.54) is 4.31 Å². The van der Waals surface area contributed by atoms with Crippen LogP contribution in [0, 0.1) is 11.8 Å². The number of sulfonamides is 1. The average molecular weight is 305 g/mol. The Labute approximate surface area is 120 Å². The zero-order valence-electron chi connectivity index (χ0n) is 11.8. The lowest BCUT2D eigenvalue weighted by Crippen LogP contribution is -2.44. The maximum atomic E-state index is 12.7. The Morgan fingerprint density at radius 3 is 2.65 bits per heavy atom. The van der Waals surface area contributed by atoms with Crippen molar-refractivity contribution in [2.75, 3.05) is 26.3 Å². The van der Waals surface area contributed by atoms with E-state index in [9.17, 15) is 18.3 Å². The van der Waals surface area contributed by atoms with Gasteiger partial charge in [-0.3, -0.25) is 4.79 Å². The summed E-state index contributed by atoms with van der Waals surface area (Å²) in [7, 11) is -3.54. The van der Waals surface area contributed by atoms with Crippen molar-refractivity contribution < 1.29 is 23.1 Å². The third kappa shape index (κ3) is 3.15. The summed E-state index contributed by atoms with van der Waals surface area (Å²) >= 11 is 0. The van der Waals surface area contributed by atoms with Gasteiger partial charge in [-0.05, 0) is 25.2 Å². The summed E-state index contributed by atoms with van der Waals surface area (Å²) in [5.74, 6) is -1.51. The molecule has 0 spiro atoms. The van der Waals surface area contributed by atoms with Crippen LogP contribution in [0.5, 0.6) is 0 Å². The average Bonchev–Trinajstić information content (AvgIpc) is 3.06. The first kappa shape index (κ1) is 15.7. The molecule has 1 aliphatic carbocycles. The lowest BCUT2D eigenvalue weighted by atomic mass is 10.1. The van der Waals surface area contributed by atoms with Crippen LogP contribution in [0.15, 0.2) is 0 Å². The van der Waals surface area contributed by atoms with Crippen LogP contribution in [0.2, 0.25) is 0 Å². The molecule has 1 heterocycles. The van der Waals surface area contributed by atoms with Gasteiger partial charge in [-0.25, -0.2) is 12.7 Å². The molecule has 2 fully saturated rings. The van der Waals surface area contributed by atoms with Crippen LogP contribution in [-0.2, 0) is 19.6 Å². The van der Waals surface area contributed by atoms with Crippen molar-refractivity contribution in [1.29, 1.82) is 0 Å². The van der Waals surface area contributed by atoms with Crippen molar-refractivity contribution in [2.45, 2.75) is 37.9 Å². The first-order valence-corrected chi connectivity index (χ1v) is 8.76. The van der Waals surface area contributed by atoms with E-state index >= 15 is 0 Å². The fourth-order valence-corrected chi connectivity index (χ4v) is 5.48. The third-order valence-electron chi connectivity index (χ3n) is 4.35. The second-order valence-electron chi connectivity index (χ2n) is 5.64. The molecule has 0 bridgehead atoms. The quantitative estimate of drug-likeness (QED) is 0.789. The predicted octanol–water partition coefficient (Wildman–Crippen LogP) is 0.928. The zero-order chi connectivity index (χ0) is 14.8. The van der Waals surface area contributed by atoms with Gasteiger partial charge in [0.1, 0.15) is 0 Å². The van der Waals surface area contributed by atoms with Crippen LogP contribution >= 0.6 is 0 Å². The Morgan fingerprint density at radius 2 is 2.10 bits per heavy atom. The van der Waals surface area contributed by atoms with Gasteiger partial charge >= 0.3 is 5.97 Å². The highest BCUT2D eigenvalue weighted by Gasteiger charge is 2.44. The van der Waals surface area contributed by atoms with Crippen molar-refractivity contribution in [3.05, 3.63) is 0 Å². The number of hydrogen-bond donors (Lipinski definition) is 1. The minimum absolute atomic E-state index is 0.231. The summed E-state index contributed by atoms with van der Waals surface area (Å²) in [4.78, 5) is 11.2. The standard InChI is InChI=1S/C13H23NO5S/c1-2-14(8-10-6-7-19-9-10)20(17,18)12-5-3-4-11(12)13(15)16/h10-12H,2-9H2,1H3,(H,15,16). The molecule has 0 aromatic rings. The summed E-state index contributed by atoms with van der Waals surface area (Å²) in [5.41, 5.74) is 0. The number of ether oxygens (including phenoxy) is 1. The van der Waals surface area contributed by atoms with Gasteiger partial charge in [0.2, 0.25) is 10.0 Å². The molecule has 1 N–H and O–H groups in total. The largest absolute Gasteiger partial charge is 0.481 e. The molecule has 0 aromatic carbocycles. The molecule has 116 valence electrons. The minimum atomic E-state index is -3.54. The molecule has 1 aliphatic heterocycles. The molecule has 1 saturated heterocycles. The van der Waals surface area contributed by atoms with Crippen LogP contribution < -0.4 is 0 Å². The minimum Gasteiger partial charge on any atom is -0.481 e. The van der Waals surface area contributed by atoms with Crippen LogP contribution in [0.25, 0.3) is 0 Å². The summed E-state index contributed by atoms with van der Waals surface area (Å²) < 4.78 is 32.1. The van der Waals surface area contributed by atoms with Crippen molar-refractivity contribution in [3.63, 3.8) is 0 Å². The SMILES string of the molecule is CCN(CC1CCOC1)S(=O)(=O)C1CCCC1C(=O)O. The van der Waals surface area contributed by atoms with E-state index in [1.807, 2.05) is 0 Å². The first-order valence-electron chi connectivity index (χ1n) is 7.26. The van der Waals surface area contributed by atoms with Gasteiger partial charge in [0.25, 0.3) is 0 Å². The van der Waals surface area contributed by atoms with Crippen LogP contribution in [-0.4, -0.2) is 55.4 Å². The van der Waals surface area contributed by atoms with E-state index < -0.39 is 27.2 Å². The monoisotopic (exact) mass is 305 g/mol. The number of hydrogen-bond acceptors (Lipinski definition) is 4. The Balaban J connectivity index is 2.11. The number of nitrogens with zero attached hydrogens (tertiary/aromatic N) is 1. The summed E-state index contributed by atoms with van der Waals surface area (Å²) in [6.45, 7) is 3.92. The Hall–Kier alpha value is -0.660. The summed E-state index contributed by atoms with van der Waals surface area (Å²) in [6.07, 6.45) is 2.46. The Morgan fingerprint density at radius 1 is 1.35 bits per heavy atom. The predicted molar refractivity (Wildman–Crippen MR) is 73.9 cm³/mol. The van der Waals surface area contributed by atoms with E-state index in [0.29, 0.717) is 45.6 Å². The van der Waals surface area contributed by atoms with E-state index in [1.54, 1.807) is 6.92 Å². The maximum absolute atomic E-state index is 12.7. The molecule has 0 amide bonds. The van der Waals surface area contributed by atoms with Gasteiger partial charge in [0.05, 0.1) is 17.8 Å². The molecule has 0 aromatic heterocycles. The van der Waals surface area contributed by atoms with Crippen LogP contribution in [0.3, 0.4) is 0 Å². The molecule has 2 rings (SSSR count). The van der Waals surface area contributed by atoms with Crippen molar-refractivity contribution >= 4 is 16.0 Å². The van der Waals surface area contributed by atoms with Crippen LogP contribution in [0.4, 0.5) is 0 Å². The normalized spacial score (nSPS) is 31.0. The molecule has 2 aliphatic rings. The molecular formula is C13H23NO5S. The van der Waals surface area contributed by atoms with Gasteiger partial charge in [0.15, 0.2) is 0 Å². The molecule has 3 unspecified atom stereocenters. The zero-order valence-corrected chi connectivity index (χ0v) is 12.6. The van der Waals surface area contributed by atoms with Gasteiger partial charge in [-0.15, -0.1) is 0 Å². The number of carbonyl (C=O) groups is 1. The smallest absolute Gasteiger partial charge is 0.307 e. The molecular weight excluding hydrogens is 282 g/mol. The second-order valence-corrected chi connectivity index (χ2v) is 7.79. The van der Waals surface area contributed by atoms with Gasteiger partial charge in [-0.1, -0.05) is 13.3 Å². The van der Waals surface area contributed by atoms with E-state index in [-0.39, 0.29) is 5.92 Å². The second kappa shape index (κ2) is 6.41. The third-order valence-corrected chi connectivity index (χ3v) is 6.81. The van der Waals surface area contributed by atoms with Gasteiger partial charge in [-0.2, -0.15) is 0 Å². The maximum Gasteiger partial charge on any atom is 0.307 e. The molecule has 0 radical (unpaired) electrons. The highest BCUT2D eigenvalue weighted by atomic mass is 32.2. The van der Waals surface area contributed by atoms with Crippen molar-refractivity contribution in [2.24, 2.45) is 11.8 Å². The van der Waals surface area contributed by atoms with Gasteiger partial charge < -0.3 is 9.84 Å². The molecule has 1 saturated carbocycles. The lowest BCUT2D eigenvalue weighted by Gasteiger charge is -2.28.